The molecule has 1 aliphatic carbocycles. The van der Waals surface area contributed by atoms with Gasteiger partial charge in [0.15, 0.2) is 0 Å². The summed E-state index contributed by atoms with van der Waals surface area (Å²) in [6.45, 7) is 2.41. The van der Waals surface area contributed by atoms with Gasteiger partial charge in [0, 0.05) is 42.2 Å². The molecule has 4 heterocycles. The third-order valence-corrected chi connectivity index (χ3v) is 12.6. The molecule has 2 aromatic heterocycles. The molecule has 16 heteroatoms. The van der Waals surface area contributed by atoms with E-state index in [-0.39, 0.29) is 55.6 Å². The van der Waals surface area contributed by atoms with E-state index in [2.05, 4.69) is 9.82 Å². The lowest BCUT2D eigenvalue weighted by Gasteiger charge is -2.32. The maximum absolute atomic E-state index is 14.3. The largest absolute Gasteiger partial charge is 0.497 e. The lowest BCUT2D eigenvalue weighted by Crippen LogP contribution is -2.47. The second-order valence-corrected chi connectivity index (χ2v) is 17.2. The first-order chi connectivity index (χ1) is 26.7. The lowest BCUT2D eigenvalue weighted by atomic mass is 9.81. The molecule has 1 unspecified atom stereocenters. The second-order valence-electron chi connectivity index (χ2n) is 14.9. The number of amides is 2. The molecule has 2 aromatic carbocycles. The van der Waals surface area contributed by atoms with Gasteiger partial charge in [-0.05, 0) is 85.7 Å². The van der Waals surface area contributed by atoms with Gasteiger partial charge in [-0.1, -0.05) is 25.3 Å². The number of allylic oxidation sites excluding steroid dienone is 1. The Labute approximate surface area is 323 Å². The first kappa shape index (κ1) is 39.6. The van der Waals surface area contributed by atoms with E-state index in [4.69, 9.17) is 14.2 Å². The van der Waals surface area contributed by atoms with Crippen molar-refractivity contribution in [1.82, 2.24) is 24.0 Å². The monoisotopic (exact) mass is 797 g/mol. The molecule has 1 atom stereocenters. The summed E-state index contributed by atoms with van der Waals surface area (Å²) in [6.07, 6.45) is 2.93. The number of benzene rings is 2. The first-order valence-corrected chi connectivity index (χ1v) is 20.4. The van der Waals surface area contributed by atoms with E-state index in [0.717, 1.165) is 59.0 Å². The van der Waals surface area contributed by atoms with Crippen LogP contribution in [0.1, 0.15) is 89.4 Å². The number of morpholine rings is 1. The van der Waals surface area contributed by atoms with Gasteiger partial charge in [0.25, 0.3) is 11.8 Å². The van der Waals surface area contributed by atoms with Gasteiger partial charge in [0.05, 0.1) is 61.4 Å². The van der Waals surface area contributed by atoms with Crippen molar-refractivity contribution in [3.63, 3.8) is 0 Å². The van der Waals surface area contributed by atoms with Gasteiger partial charge < -0.3 is 23.7 Å². The number of methoxy groups -OCH3 is 2. The Morgan fingerprint density at radius 2 is 1.82 bits per heavy atom. The van der Waals surface area contributed by atoms with Crippen molar-refractivity contribution in [3.8, 4) is 17.0 Å². The van der Waals surface area contributed by atoms with Crippen LogP contribution in [0.5, 0.6) is 5.75 Å². The van der Waals surface area contributed by atoms with Crippen molar-refractivity contribution in [2.24, 2.45) is 0 Å². The predicted octanol–water partition coefficient (Wildman–Crippen LogP) is 6.63. The molecule has 1 saturated heterocycles. The number of ether oxygens (including phenoxy) is 3. The van der Waals surface area contributed by atoms with Crippen LogP contribution in [0.3, 0.4) is 0 Å². The fourth-order valence-corrected chi connectivity index (χ4v) is 8.78. The zero-order valence-electron chi connectivity index (χ0n) is 31.8. The van der Waals surface area contributed by atoms with Crippen LogP contribution in [0.25, 0.3) is 33.8 Å². The number of rotatable bonds is 10. The highest BCUT2D eigenvalue weighted by molar-refractivity contribution is 7.90. The zero-order valence-corrected chi connectivity index (χ0v) is 32.6. The Morgan fingerprint density at radius 1 is 1.05 bits per heavy atom. The van der Waals surface area contributed by atoms with Crippen molar-refractivity contribution in [3.05, 3.63) is 70.5 Å². The molecule has 1 N–H and O–H groups in total. The average molecular weight is 798 g/mol. The number of nitrogens with one attached hydrogen (secondary N) is 1. The molecule has 300 valence electrons. The van der Waals surface area contributed by atoms with E-state index in [0.29, 0.717) is 22.4 Å². The van der Waals surface area contributed by atoms with E-state index in [1.54, 1.807) is 23.1 Å². The number of alkyl halides is 3. The molecular formula is C40H46F3N5O7S. The van der Waals surface area contributed by atoms with E-state index in [9.17, 15) is 31.2 Å². The number of halogens is 3. The molecule has 0 spiro atoms. The summed E-state index contributed by atoms with van der Waals surface area (Å²) in [7, 11) is -0.888. The summed E-state index contributed by atoms with van der Waals surface area (Å²) >= 11 is 0. The highest BCUT2D eigenvalue weighted by Crippen LogP contribution is 2.48. The molecule has 3 aliphatic rings. The molecule has 2 aliphatic heterocycles. The molecule has 2 amide bonds. The molecule has 1 saturated carbocycles. The summed E-state index contributed by atoms with van der Waals surface area (Å²) in [5.41, 5.74) is 4.49. The number of nitrogens with zero attached hydrogens (tertiary/aromatic N) is 4. The summed E-state index contributed by atoms with van der Waals surface area (Å²) < 4.78 is 89.8. The Hall–Kier alpha value is -4.67. The Balaban J connectivity index is 1.46. The molecule has 12 nitrogen and oxygen atoms in total. The number of carbonyl (C=O) groups is 2. The van der Waals surface area contributed by atoms with Gasteiger partial charge in [-0.2, -0.15) is 18.3 Å². The molecule has 7 rings (SSSR count). The van der Waals surface area contributed by atoms with Crippen LogP contribution < -0.4 is 9.46 Å². The molecular weight excluding hydrogens is 752 g/mol. The van der Waals surface area contributed by atoms with Crippen molar-refractivity contribution in [2.75, 3.05) is 40.5 Å². The standard InChI is InChI=1S/C40H46F3N5O7S/c1-24(2)56(51,52)45-38(49)26-10-12-32-34(18-26)47-20-28(16-27-17-29(54-4)11-13-31(27)37(47)35(32)25-8-6-5-7-9-25)36-33(19-44-48(36)23-40(41,42)43)39(50)46-14-15-55-30(21-46)22-53-3/h10-13,16-19,24-25,30H,5-9,14-15,20-23H2,1-4H3,(H,45,49). The zero-order chi connectivity index (χ0) is 39.9. The number of hydrogen-bond acceptors (Lipinski definition) is 8. The number of sulfonamides is 1. The highest BCUT2D eigenvalue weighted by Gasteiger charge is 2.36. The topological polar surface area (TPSA) is 134 Å². The summed E-state index contributed by atoms with van der Waals surface area (Å²) in [5.74, 6) is -0.599. The predicted molar refractivity (Wildman–Crippen MR) is 205 cm³/mol. The molecule has 0 bridgehead atoms. The minimum absolute atomic E-state index is 0.00412. The minimum atomic E-state index is -4.66. The van der Waals surface area contributed by atoms with Crippen LogP contribution in [-0.2, 0) is 32.6 Å². The van der Waals surface area contributed by atoms with Crippen LogP contribution in [0.4, 0.5) is 13.2 Å². The Morgan fingerprint density at radius 3 is 2.52 bits per heavy atom. The van der Waals surface area contributed by atoms with Crippen molar-refractivity contribution < 1.29 is 45.4 Å². The van der Waals surface area contributed by atoms with Gasteiger partial charge in [-0.15, -0.1) is 0 Å². The van der Waals surface area contributed by atoms with Crippen molar-refractivity contribution >= 4 is 44.4 Å². The quantitative estimate of drug-likeness (QED) is 0.189. The maximum Gasteiger partial charge on any atom is 0.408 e. The van der Waals surface area contributed by atoms with E-state index in [1.165, 1.54) is 34.3 Å². The average Bonchev–Trinajstić information content (AvgIpc) is 3.66. The summed E-state index contributed by atoms with van der Waals surface area (Å²) in [5, 5.41) is 4.17. The van der Waals surface area contributed by atoms with Crippen molar-refractivity contribution in [2.45, 2.75) is 82.5 Å². The molecule has 56 heavy (non-hydrogen) atoms. The number of carbonyl (C=O) groups excluding carboxylic acids is 2. The van der Waals surface area contributed by atoms with E-state index in [1.807, 2.05) is 28.8 Å². The van der Waals surface area contributed by atoms with Crippen LogP contribution in [0.15, 0.2) is 42.6 Å². The lowest BCUT2D eigenvalue weighted by molar-refractivity contribution is -0.142. The van der Waals surface area contributed by atoms with E-state index < -0.39 is 45.9 Å². The second kappa shape index (κ2) is 15.7. The van der Waals surface area contributed by atoms with Crippen LogP contribution in [0.2, 0.25) is 0 Å². The maximum atomic E-state index is 14.3. The van der Waals surface area contributed by atoms with Crippen LogP contribution >= 0.6 is 0 Å². The van der Waals surface area contributed by atoms with Gasteiger partial charge in [0.1, 0.15) is 12.3 Å². The Kier molecular flexibility index (Phi) is 11.1. The fraction of sp³-hybridized carbons (Fsp3) is 0.475. The smallest absolute Gasteiger partial charge is 0.408 e. The Bertz CT molecular complexity index is 2290. The third kappa shape index (κ3) is 7.83. The minimum Gasteiger partial charge on any atom is -0.497 e. The number of aromatic nitrogens is 3. The van der Waals surface area contributed by atoms with Gasteiger partial charge >= 0.3 is 6.18 Å². The normalized spacial score (nSPS) is 18.0. The summed E-state index contributed by atoms with van der Waals surface area (Å²) in [4.78, 5) is 29.4. The SMILES string of the molecule is COCC1CN(C(=O)c2cnn(CC(F)(F)F)c2C2=Cc3cc(OC)ccc3-c3c(C4CCCCC4)c4ccc(C(=O)NS(=O)(=O)C(C)C)cc4n3C2)CCO1. The molecule has 2 fully saturated rings. The van der Waals surface area contributed by atoms with Gasteiger partial charge in [-0.3, -0.25) is 14.3 Å². The van der Waals surface area contributed by atoms with Crippen LogP contribution in [0, 0.1) is 0 Å². The summed E-state index contributed by atoms with van der Waals surface area (Å²) in [6, 6.07) is 10.7. The van der Waals surface area contributed by atoms with E-state index >= 15 is 0 Å². The van der Waals surface area contributed by atoms with Crippen LogP contribution in [-0.4, -0.2) is 97.5 Å². The third-order valence-electron chi connectivity index (χ3n) is 10.9. The molecule has 0 radical (unpaired) electrons. The van der Waals surface area contributed by atoms with Crippen molar-refractivity contribution in [1.29, 1.82) is 0 Å². The fourth-order valence-electron chi connectivity index (χ4n) is 8.16. The number of hydrogen-bond donors (Lipinski definition) is 1. The molecule has 4 aromatic rings. The van der Waals surface area contributed by atoms with Gasteiger partial charge in [-0.25, -0.2) is 13.1 Å². The highest BCUT2D eigenvalue weighted by atomic mass is 32.2. The number of fused-ring (bicyclic) bond motifs is 5. The van der Waals surface area contributed by atoms with Gasteiger partial charge in [0.2, 0.25) is 10.0 Å². The first-order valence-electron chi connectivity index (χ1n) is 18.8.